The minimum Gasteiger partial charge on any atom is -0.395 e. The Bertz CT molecular complexity index is 352. The number of aliphatic hydroxyl groups excluding tert-OH is 1. The number of thioether (sulfide) groups is 1. The highest BCUT2D eigenvalue weighted by atomic mass is 32.2. The van der Waals surface area contributed by atoms with Crippen molar-refractivity contribution >= 4 is 17.7 Å². The molecule has 0 radical (unpaired) electrons. The fraction of sp³-hybridized carbons (Fsp3) is 0.500. The number of rotatable bonds is 7. The van der Waals surface area contributed by atoms with E-state index in [-0.39, 0.29) is 23.8 Å². The number of amides is 1. The Morgan fingerprint density at radius 2 is 2.06 bits per heavy atom. The summed E-state index contributed by atoms with van der Waals surface area (Å²) in [6, 6.07) is 9.96. The summed E-state index contributed by atoms with van der Waals surface area (Å²) in [6.45, 7) is 2.01. The molecule has 0 saturated carbocycles. The van der Waals surface area contributed by atoms with Crippen molar-refractivity contribution in [2.45, 2.75) is 31.1 Å². The van der Waals surface area contributed by atoms with Crippen molar-refractivity contribution in [2.24, 2.45) is 0 Å². The van der Waals surface area contributed by atoms with Crippen LogP contribution in [0.1, 0.15) is 18.9 Å². The van der Waals surface area contributed by atoms with Crippen LogP contribution in [0.2, 0.25) is 0 Å². The molecule has 0 aliphatic rings. The lowest BCUT2D eigenvalue weighted by Gasteiger charge is -2.21. The van der Waals surface area contributed by atoms with Crippen LogP contribution in [-0.4, -0.2) is 35.2 Å². The molecule has 1 rings (SSSR count). The van der Waals surface area contributed by atoms with Gasteiger partial charge in [-0.15, -0.1) is 0 Å². The Morgan fingerprint density at radius 1 is 1.39 bits per heavy atom. The summed E-state index contributed by atoms with van der Waals surface area (Å²) in [5.74, 6) is 0.0406. The van der Waals surface area contributed by atoms with E-state index in [9.17, 15) is 4.79 Å². The van der Waals surface area contributed by atoms with Gasteiger partial charge in [0.2, 0.25) is 5.91 Å². The molecule has 1 aromatic rings. The average Bonchev–Trinajstić information content (AvgIpc) is 2.39. The summed E-state index contributed by atoms with van der Waals surface area (Å²) in [7, 11) is 0. The first-order chi connectivity index (χ1) is 8.67. The molecule has 0 unspecified atom stereocenters. The second-order valence-corrected chi connectivity index (χ2v) is 5.38. The summed E-state index contributed by atoms with van der Waals surface area (Å²) < 4.78 is 0. The minimum absolute atomic E-state index is 0.00623. The van der Waals surface area contributed by atoms with E-state index in [0.29, 0.717) is 6.42 Å². The number of carbonyl (C=O) groups excluding carboxylic acids is 1. The number of aryl methyl sites for hydroxylation is 1. The van der Waals surface area contributed by atoms with Crippen LogP contribution in [0.3, 0.4) is 0 Å². The van der Waals surface area contributed by atoms with Crippen molar-refractivity contribution in [3.63, 3.8) is 0 Å². The molecule has 18 heavy (non-hydrogen) atoms. The van der Waals surface area contributed by atoms with E-state index in [4.69, 9.17) is 5.11 Å². The number of aliphatic hydroxyl groups is 1. The van der Waals surface area contributed by atoms with Crippen LogP contribution >= 0.6 is 11.8 Å². The van der Waals surface area contributed by atoms with Gasteiger partial charge in [-0.25, -0.2) is 0 Å². The van der Waals surface area contributed by atoms with E-state index in [0.717, 1.165) is 6.42 Å². The lowest BCUT2D eigenvalue weighted by molar-refractivity contribution is -0.121. The number of nitrogens with one attached hydrogen (secondary N) is 1. The van der Waals surface area contributed by atoms with Gasteiger partial charge in [0.05, 0.1) is 6.61 Å². The number of hydrogen-bond donors (Lipinski definition) is 2. The molecule has 1 amide bonds. The Kier molecular flexibility index (Phi) is 6.83. The van der Waals surface area contributed by atoms with Crippen LogP contribution in [0, 0.1) is 0 Å². The van der Waals surface area contributed by atoms with Crippen LogP contribution in [0.15, 0.2) is 30.3 Å². The van der Waals surface area contributed by atoms with Crippen molar-refractivity contribution in [3.8, 4) is 0 Å². The third kappa shape index (κ3) is 5.10. The Labute approximate surface area is 113 Å². The second kappa shape index (κ2) is 8.16. The first-order valence-corrected chi connectivity index (χ1v) is 7.43. The highest BCUT2D eigenvalue weighted by molar-refractivity contribution is 7.99. The van der Waals surface area contributed by atoms with Crippen molar-refractivity contribution < 1.29 is 9.90 Å². The Hall–Kier alpha value is -1.00. The van der Waals surface area contributed by atoms with Crippen molar-refractivity contribution in [1.82, 2.24) is 5.32 Å². The van der Waals surface area contributed by atoms with E-state index in [2.05, 4.69) is 5.32 Å². The van der Waals surface area contributed by atoms with Gasteiger partial charge < -0.3 is 10.4 Å². The van der Waals surface area contributed by atoms with E-state index < -0.39 is 0 Å². The normalized spacial score (nSPS) is 13.9. The Morgan fingerprint density at radius 3 is 2.61 bits per heavy atom. The van der Waals surface area contributed by atoms with Crippen LogP contribution in [0.4, 0.5) is 0 Å². The molecule has 2 N–H and O–H groups in total. The molecule has 0 aromatic heterocycles. The molecule has 3 nitrogen and oxygen atoms in total. The molecule has 0 fully saturated rings. The van der Waals surface area contributed by atoms with Gasteiger partial charge in [-0.1, -0.05) is 30.3 Å². The SMILES string of the molecule is CS[C@@H](CO)[C@H](C)NC(=O)CCc1ccccc1. The van der Waals surface area contributed by atoms with Crippen LogP contribution < -0.4 is 5.32 Å². The molecule has 0 bridgehead atoms. The fourth-order valence-electron chi connectivity index (χ4n) is 1.76. The molecule has 0 heterocycles. The van der Waals surface area contributed by atoms with Gasteiger partial charge >= 0.3 is 0 Å². The van der Waals surface area contributed by atoms with E-state index in [1.807, 2.05) is 43.5 Å². The molecule has 1 aromatic carbocycles. The van der Waals surface area contributed by atoms with Crippen molar-refractivity contribution in [2.75, 3.05) is 12.9 Å². The van der Waals surface area contributed by atoms with Crippen LogP contribution in [0.25, 0.3) is 0 Å². The highest BCUT2D eigenvalue weighted by Gasteiger charge is 2.16. The third-order valence-corrected chi connectivity index (χ3v) is 4.08. The zero-order valence-electron chi connectivity index (χ0n) is 10.9. The Balaban J connectivity index is 2.33. The molecule has 2 atom stereocenters. The van der Waals surface area contributed by atoms with Gasteiger partial charge in [0.1, 0.15) is 0 Å². The number of carbonyl (C=O) groups is 1. The van der Waals surface area contributed by atoms with Crippen LogP contribution in [0.5, 0.6) is 0 Å². The molecule has 0 spiro atoms. The zero-order chi connectivity index (χ0) is 13.4. The summed E-state index contributed by atoms with van der Waals surface area (Å²) in [6.07, 6.45) is 3.18. The fourth-order valence-corrected chi connectivity index (χ4v) is 2.38. The van der Waals surface area contributed by atoms with Crippen molar-refractivity contribution in [3.05, 3.63) is 35.9 Å². The molecular weight excluding hydrogens is 246 g/mol. The minimum atomic E-state index is -0.00623. The topological polar surface area (TPSA) is 49.3 Å². The maximum Gasteiger partial charge on any atom is 0.220 e. The average molecular weight is 267 g/mol. The van der Waals surface area contributed by atoms with Gasteiger partial charge in [0, 0.05) is 17.7 Å². The molecule has 4 heteroatoms. The summed E-state index contributed by atoms with van der Waals surface area (Å²) in [5, 5.41) is 12.1. The lowest BCUT2D eigenvalue weighted by Crippen LogP contribution is -2.41. The van der Waals surface area contributed by atoms with Gasteiger partial charge in [0.25, 0.3) is 0 Å². The zero-order valence-corrected chi connectivity index (χ0v) is 11.7. The second-order valence-electron chi connectivity index (χ2n) is 4.30. The summed E-state index contributed by atoms with van der Waals surface area (Å²) in [4.78, 5) is 11.8. The van der Waals surface area contributed by atoms with E-state index in [1.165, 1.54) is 5.56 Å². The van der Waals surface area contributed by atoms with Gasteiger partial charge in [-0.05, 0) is 25.2 Å². The van der Waals surface area contributed by atoms with Gasteiger partial charge in [-0.3, -0.25) is 4.79 Å². The summed E-state index contributed by atoms with van der Waals surface area (Å²) in [5.41, 5.74) is 1.17. The number of benzene rings is 1. The van der Waals surface area contributed by atoms with E-state index in [1.54, 1.807) is 11.8 Å². The van der Waals surface area contributed by atoms with Crippen LogP contribution in [-0.2, 0) is 11.2 Å². The van der Waals surface area contributed by atoms with E-state index >= 15 is 0 Å². The lowest BCUT2D eigenvalue weighted by atomic mass is 10.1. The quantitative estimate of drug-likeness (QED) is 0.792. The molecule has 0 aliphatic carbocycles. The third-order valence-electron chi connectivity index (χ3n) is 2.91. The first kappa shape index (κ1) is 15.1. The highest BCUT2D eigenvalue weighted by Crippen LogP contribution is 2.10. The largest absolute Gasteiger partial charge is 0.395 e. The molecular formula is C14H21NO2S. The monoisotopic (exact) mass is 267 g/mol. The maximum atomic E-state index is 11.8. The summed E-state index contributed by atoms with van der Waals surface area (Å²) >= 11 is 1.57. The maximum absolute atomic E-state index is 11.8. The molecule has 0 aliphatic heterocycles. The molecule has 0 saturated heterocycles. The van der Waals surface area contributed by atoms with Crippen molar-refractivity contribution in [1.29, 1.82) is 0 Å². The predicted molar refractivity (Wildman–Crippen MR) is 76.8 cm³/mol. The van der Waals surface area contributed by atoms with Gasteiger partial charge in [0.15, 0.2) is 0 Å². The van der Waals surface area contributed by atoms with Gasteiger partial charge in [-0.2, -0.15) is 11.8 Å². The standard InChI is InChI=1S/C14H21NO2S/c1-11(13(10-16)18-2)15-14(17)9-8-12-6-4-3-5-7-12/h3-7,11,13,16H,8-10H2,1-2H3,(H,15,17)/t11-,13-/m0/s1. The predicted octanol–water partition coefficient (Wildman–Crippen LogP) is 1.85. The smallest absolute Gasteiger partial charge is 0.220 e. The number of hydrogen-bond acceptors (Lipinski definition) is 3. The molecule has 100 valence electrons. The first-order valence-electron chi connectivity index (χ1n) is 6.14.